The molecule has 0 saturated carbocycles. The lowest BCUT2D eigenvalue weighted by atomic mass is 10.1. The number of halogens is 2. The fraction of sp³-hybridized carbons (Fsp3) is 0.174. The van der Waals surface area contributed by atoms with Crippen molar-refractivity contribution in [2.75, 3.05) is 6.54 Å². The van der Waals surface area contributed by atoms with Gasteiger partial charge in [-0.25, -0.2) is 8.42 Å². The molecule has 1 atom stereocenters. The summed E-state index contributed by atoms with van der Waals surface area (Å²) < 4.78 is 27.7. The van der Waals surface area contributed by atoms with E-state index in [-0.39, 0.29) is 24.0 Å². The van der Waals surface area contributed by atoms with E-state index in [9.17, 15) is 13.2 Å². The molecule has 0 radical (unpaired) electrons. The fourth-order valence-corrected chi connectivity index (χ4v) is 4.77. The van der Waals surface area contributed by atoms with Crippen LogP contribution >= 0.6 is 23.2 Å². The van der Waals surface area contributed by atoms with Gasteiger partial charge in [-0.3, -0.25) is 4.79 Å². The van der Waals surface area contributed by atoms with Gasteiger partial charge in [0.2, 0.25) is 15.9 Å². The molecule has 0 aliphatic heterocycles. The highest BCUT2D eigenvalue weighted by Gasteiger charge is 2.28. The first-order valence-electron chi connectivity index (χ1n) is 9.61. The first-order chi connectivity index (χ1) is 14.8. The fourth-order valence-electron chi connectivity index (χ4n) is 3.07. The van der Waals surface area contributed by atoms with Crippen molar-refractivity contribution >= 4 is 39.1 Å². The summed E-state index contributed by atoms with van der Waals surface area (Å²) in [6, 6.07) is 22.0. The zero-order chi connectivity index (χ0) is 22.4. The van der Waals surface area contributed by atoms with Crippen molar-refractivity contribution < 1.29 is 13.2 Å². The summed E-state index contributed by atoms with van der Waals surface area (Å²) in [5.41, 5.74) is 1.53. The Morgan fingerprint density at radius 3 is 2.19 bits per heavy atom. The minimum absolute atomic E-state index is 0.0439. The molecule has 3 rings (SSSR count). The Labute approximate surface area is 192 Å². The molecule has 3 aromatic rings. The van der Waals surface area contributed by atoms with E-state index in [1.807, 2.05) is 37.3 Å². The Morgan fingerprint density at radius 1 is 0.935 bits per heavy atom. The van der Waals surface area contributed by atoms with Gasteiger partial charge < -0.3 is 5.32 Å². The van der Waals surface area contributed by atoms with Gasteiger partial charge in [-0.2, -0.15) is 4.31 Å². The molecule has 0 bridgehead atoms. The average molecular weight is 477 g/mol. The minimum Gasteiger partial charge on any atom is -0.348 e. The van der Waals surface area contributed by atoms with E-state index in [1.165, 1.54) is 24.3 Å². The van der Waals surface area contributed by atoms with Gasteiger partial charge in [0, 0.05) is 16.6 Å². The van der Waals surface area contributed by atoms with Crippen LogP contribution in [-0.2, 0) is 21.4 Å². The molecule has 8 heteroatoms. The van der Waals surface area contributed by atoms with Crippen molar-refractivity contribution in [1.29, 1.82) is 0 Å². The highest BCUT2D eigenvalue weighted by atomic mass is 35.5. The van der Waals surface area contributed by atoms with Gasteiger partial charge in [0.05, 0.1) is 17.5 Å². The molecule has 5 nitrogen and oxygen atoms in total. The van der Waals surface area contributed by atoms with Gasteiger partial charge in [-0.15, -0.1) is 0 Å². The maximum atomic E-state index is 13.3. The van der Waals surface area contributed by atoms with E-state index in [0.29, 0.717) is 15.6 Å². The molecule has 1 amide bonds. The molecule has 0 heterocycles. The molecular weight excluding hydrogens is 455 g/mol. The molecule has 1 unspecified atom stereocenters. The maximum Gasteiger partial charge on any atom is 0.243 e. The van der Waals surface area contributed by atoms with Crippen LogP contribution in [-0.4, -0.2) is 25.2 Å². The largest absolute Gasteiger partial charge is 0.348 e. The molecule has 3 aromatic carbocycles. The van der Waals surface area contributed by atoms with Gasteiger partial charge in [0.1, 0.15) is 0 Å². The predicted octanol–water partition coefficient (Wildman–Crippen LogP) is 5.06. The Bertz CT molecular complexity index is 1140. The molecule has 0 aliphatic rings. The number of carbonyl (C=O) groups is 1. The number of hydrogen-bond acceptors (Lipinski definition) is 3. The number of amides is 1. The highest BCUT2D eigenvalue weighted by molar-refractivity contribution is 7.89. The summed E-state index contributed by atoms with van der Waals surface area (Å²) >= 11 is 12.1. The van der Waals surface area contributed by atoms with Gasteiger partial charge in [0.25, 0.3) is 0 Å². The third-order valence-corrected chi connectivity index (χ3v) is 7.18. The summed E-state index contributed by atoms with van der Waals surface area (Å²) in [4.78, 5) is 12.8. The highest BCUT2D eigenvalue weighted by Crippen LogP contribution is 2.23. The van der Waals surface area contributed by atoms with E-state index in [2.05, 4.69) is 5.32 Å². The number of nitrogens with one attached hydrogen (secondary N) is 1. The molecule has 162 valence electrons. The van der Waals surface area contributed by atoms with Crippen molar-refractivity contribution in [1.82, 2.24) is 9.62 Å². The van der Waals surface area contributed by atoms with E-state index in [0.717, 1.165) is 9.87 Å². The van der Waals surface area contributed by atoms with E-state index in [1.54, 1.807) is 24.3 Å². The monoisotopic (exact) mass is 476 g/mol. The van der Waals surface area contributed by atoms with Crippen LogP contribution in [0.1, 0.15) is 24.1 Å². The predicted molar refractivity (Wildman–Crippen MR) is 123 cm³/mol. The van der Waals surface area contributed by atoms with Crippen molar-refractivity contribution in [2.45, 2.75) is 24.4 Å². The van der Waals surface area contributed by atoms with Crippen molar-refractivity contribution in [3.8, 4) is 0 Å². The van der Waals surface area contributed by atoms with Crippen LogP contribution in [0.15, 0.2) is 83.8 Å². The molecule has 31 heavy (non-hydrogen) atoms. The summed E-state index contributed by atoms with van der Waals surface area (Å²) in [6.45, 7) is 1.45. The van der Waals surface area contributed by atoms with Crippen LogP contribution < -0.4 is 5.32 Å². The number of nitrogens with zero attached hydrogens (tertiary/aromatic N) is 1. The smallest absolute Gasteiger partial charge is 0.243 e. The third kappa shape index (κ3) is 6.08. The molecule has 0 saturated heterocycles. The molecule has 0 aliphatic carbocycles. The minimum atomic E-state index is -3.97. The van der Waals surface area contributed by atoms with E-state index >= 15 is 0 Å². The average Bonchev–Trinajstić information content (AvgIpc) is 2.75. The SMILES string of the molecule is CC(NC(=O)CN(Cc1ccccc1Cl)S(=O)(=O)c1ccc(Cl)cc1)c1ccccc1. The third-order valence-electron chi connectivity index (χ3n) is 4.75. The van der Waals surface area contributed by atoms with Crippen LogP contribution in [0.4, 0.5) is 0 Å². The number of hydrogen-bond donors (Lipinski definition) is 1. The zero-order valence-electron chi connectivity index (χ0n) is 16.8. The normalized spacial score (nSPS) is 12.5. The Kier molecular flexibility index (Phi) is 7.73. The summed E-state index contributed by atoms with van der Waals surface area (Å²) in [5, 5.41) is 3.71. The van der Waals surface area contributed by atoms with E-state index in [4.69, 9.17) is 23.2 Å². The van der Waals surface area contributed by atoms with Crippen molar-refractivity contribution in [3.05, 3.63) is 100 Å². The Hall–Kier alpha value is -2.38. The molecule has 0 spiro atoms. The first kappa shape index (κ1) is 23.3. The van der Waals surface area contributed by atoms with Gasteiger partial charge in [0.15, 0.2) is 0 Å². The van der Waals surface area contributed by atoms with Crippen molar-refractivity contribution in [3.63, 3.8) is 0 Å². The van der Waals surface area contributed by atoms with Gasteiger partial charge >= 0.3 is 0 Å². The second-order valence-electron chi connectivity index (χ2n) is 7.02. The molecule has 0 aromatic heterocycles. The number of sulfonamides is 1. The quantitative estimate of drug-likeness (QED) is 0.493. The van der Waals surface area contributed by atoms with Crippen molar-refractivity contribution in [2.24, 2.45) is 0 Å². The zero-order valence-corrected chi connectivity index (χ0v) is 19.2. The first-order valence-corrected chi connectivity index (χ1v) is 11.8. The lowest BCUT2D eigenvalue weighted by Gasteiger charge is -2.23. The number of rotatable bonds is 8. The van der Waals surface area contributed by atoms with Crippen LogP contribution in [0.2, 0.25) is 10.0 Å². The second-order valence-corrected chi connectivity index (χ2v) is 9.80. The lowest BCUT2D eigenvalue weighted by Crippen LogP contribution is -2.41. The molecule has 1 N–H and O–H groups in total. The Balaban J connectivity index is 1.85. The molecular formula is C23H22Cl2N2O3S. The lowest BCUT2D eigenvalue weighted by molar-refractivity contribution is -0.122. The maximum absolute atomic E-state index is 13.3. The number of benzene rings is 3. The van der Waals surface area contributed by atoms with Gasteiger partial charge in [-0.05, 0) is 48.4 Å². The summed E-state index contributed by atoms with van der Waals surface area (Å²) in [5.74, 6) is -0.416. The van der Waals surface area contributed by atoms with Gasteiger partial charge in [-0.1, -0.05) is 71.7 Å². The van der Waals surface area contributed by atoms with Crippen LogP contribution in [0.5, 0.6) is 0 Å². The topological polar surface area (TPSA) is 66.5 Å². The Morgan fingerprint density at radius 2 is 1.55 bits per heavy atom. The summed E-state index contributed by atoms with van der Waals surface area (Å²) in [6.07, 6.45) is 0. The van der Waals surface area contributed by atoms with Crippen LogP contribution in [0, 0.1) is 0 Å². The number of carbonyl (C=O) groups excluding carboxylic acids is 1. The van der Waals surface area contributed by atoms with E-state index < -0.39 is 15.9 Å². The standard InChI is InChI=1S/C23H22Cl2N2O3S/c1-17(18-7-3-2-4-8-18)26-23(28)16-27(15-19-9-5-6-10-22(19)25)31(29,30)21-13-11-20(24)12-14-21/h2-14,17H,15-16H2,1H3,(H,26,28). The molecule has 0 fully saturated rings. The second kappa shape index (κ2) is 10.3. The van der Waals surface area contributed by atoms with Crippen LogP contribution in [0.25, 0.3) is 0 Å². The van der Waals surface area contributed by atoms with Crippen LogP contribution in [0.3, 0.4) is 0 Å². The summed E-state index contributed by atoms with van der Waals surface area (Å²) in [7, 11) is -3.97.